The number of ether oxygens (including phenoxy) is 1. The Morgan fingerprint density at radius 2 is 2.00 bits per heavy atom. The lowest BCUT2D eigenvalue weighted by Gasteiger charge is -2.07. The van der Waals surface area contributed by atoms with E-state index >= 15 is 0 Å². The van der Waals surface area contributed by atoms with Crippen LogP contribution in [0.2, 0.25) is 5.02 Å². The van der Waals surface area contributed by atoms with Crippen molar-refractivity contribution in [1.82, 2.24) is 4.98 Å². The third kappa shape index (κ3) is 3.77. The van der Waals surface area contributed by atoms with E-state index in [0.717, 1.165) is 11.9 Å². The van der Waals surface area contributed by atoms with Crippen molar-refractivity contribution in [2.45, 2.75) is 25.9 Å². The Hall–Kier alpha value is -2.33. The number of fused-ring (bicyclic) bond motifs is 1. The average molecular weight is 346 g/mol. The lowest BCUT2D eigenvalue weighted by molar-refractivity contribution is -0.145. The van der Waals surface area contributed by atoms with E-state index in [1.807, 2.05) is 24.4 Å². The third-order valence-corrected chi connectivity index (χ3v) is 4.30. The Morgan fingerprint density at radius 3 is 2.83 bits per heavy atom. The van der Waals surface area contributed by atoms with Gasteiger partial charge >= 0.3 is 5.97 Å². The van der Waals surface area contributed by atoms with E-state index in [1.165, 1.54) is 23.1 Å². The minimum Gasteiger partial charge on any atom is -0.461 e. The van der Waals surface area contributed by atoms with Crippen molar-refractivity contribution in [3.05, 3.63) is 70.6 Å². The summed E-state index contributed by atoms with van der Waals surface area (Å²) in [5.74, 6) is -0.816. The molecule has 124 valence electrons. The smallest absolute Gasteiger partial charge is 0.306 e. The maximum atomic E-state index is 13.6. The largest absolute Gasteiger partial charge is 0.461 e. The molecular weight excluding hydrogens is 329 g/mol. The van der Waals surface area contributed by atoms with Crippen LogP contribution in [0, 0.1) is 5.82 Å². The molecule has 0 saturated carbocycles. The van der Waals surface area contributed by atoms with E-state index in [0.29, 0.717) is 6.42 Å². The van der Waals surface area contributed by atoms with Gasteiger partial charge in [0.25, 0.3) is 0 Å². The summed E-state index contributed by atoms with van der Waals surface area (Å²) in [7, 11) is 0. The molecule has 0 bridgehead atoms. The van der Waals surface area contributed by atoms with Crippen molar-refractivity contribution >= 4 is 28.5 Å². The molecule has 1 aromatic heterocycles. The van der Waals surface area contributed by atoms with Crippen LogP contribution < -0.4 is 0 Å². The fourth-order valence-electron chi connectivity index (χ4n) is 2.66. The summed E-state index contributed by atoms with van der Waals surface area (Å²) >= 11 is 5.91. The van der Waals surface area contributed by atoms with Gasteiger partial charge in [0, 0.05) is 29.1 Å². The molecule has 0 aliphatic carbocycles. The zero-order valence-corrected chi connectivity index (χ0v) is 13.8. The second-order valence-corrected chi connectivity index (χ2v) is 5.98. The first-order chi connectivity index (χ1) is 11.6. The van der Waals surface area contributed by atoms with Crippen molar-refractivity contribution in [2.24, 2.45) is 0 Å². The quantitative estimate of drug-likeness (QED) is 0.637. The molecule has 5 heteroatoms. The Morgan fingerprint density at radius 1 is 1.17 bits per heavy atom. The molecule has 3 rings (SSSR count). The fraction of sp³-hybridized carbons (Fsp3) is 0.211. The molecule has 3 nitrogen and oxygen atoms in total. The third-order valence-electron chi connectivity index (χ3n) is 3.94. The van der Waals surface area contributed by atoms with Crippen molar-refractivity contribution in [3.63, 3.8) is 0 Å². The molecule has 0 aliphatic rings. The first kappa shape index (κ1) is 16.5. The second kappa shape index (κ2) is 7.49. The molecule has 24 heavy (non-hydrogen) atoms. The molecule has 1 N–H and O–H groups in total. The van der Waals surface area contributed by atoms with Gasteiger partial charge in [-0.2, -0.15) is 0 Å². The summed E-state index contributed by atoms with van der Waals surface area (Å²) in [6.45, 7) is -0.141. The zero-order valence-electron chi connectivity index (χ0n) is 13.0. The van der Waals surface area contributed by atoms with Crippen LogP contribution in [-0.4, -0.2) is 11.0 Å². The molecule has 2 aromatic carbocycles. The topological polar surface area (TPSA) is 42.1 Å². The summed E-state index contributed by atoms with van der Waals surface area (Å²) in [5.41, 5.74) is 2.48. The van der Waals surface area contributed by atoms with E-state index in [1.54, 1.807) is 6.07 Å². The van der Waals surface area contributed by atoms with Crippen LogP contribution in [0.5, 0.6) is 0 Å². The minimum atomic E-state index is -0.464. The number of para-hydroxylation sites is 1. The lowest BCUT2D eigenvalue weighted by atomic mass is 10.1. The number of aromatic nitrogens is 1. The number of hydrogen-bond acceptors (Lipinski definition) is 2. The number of H-pyrrole nitrogens is 1. The number of nitrogens with one attached hydrogen (secondary N) is 1. The van der Waals surface area contributed by atoms with Crippen LogP contribution in [0.4, 0.5) is 4.39 Å². The van der Waals surface area contributed by atoms with Crippen LogP contribution in [-0.2, 0) is 22.6 Å². The number of aryl methyl sites for hydroxylation is 1. The maximum absolute atomic E-state index is 13.6. The Kier molecular flexibility index (Phi) is 5.16. The second-order valence-electron chi connectivity index (χ2n) is 5.57. The molecule has 0 fully saturated rings. The molecule has 0 spiro atoms. The van der Waals surface area contributed by atoms with Crippen LogP contribution >= 0.6 is 11.6 Å². The van der Waals surface area contributed by atoms with Crippen molar-refractivity contribution in [3.8, 4) is 0 Å². The number of aromatic amines is 1. The van der Waals surface area contributed by atoms with Gasteiger partial charge in [0.2, 0.25) is 0 Å². The van der Waals surface area contributed by atoms with Gasteiger partial charge in [0.1, 0.15) is 12.4 Å². The molecule has 0 unspecified atom stereocenters. The summed E-state index contributed by atoms with van der Waals surface area (Å²) < 4.78 is 18.7. The van der Waals surface area contributed by atoms with Gasteiger partial charge in [-0.1, -0.05) is 35.9 Å². The molecule has 0 amide bonds. The lowest BCUT2D eigenvalue weighted by Crippen LogP contribution is -2.06. The van der Waals surface area contributed by atoms with Gasteiger partial charge in [0.15, 0.2) is 0 Å². The maximum Gasteiger partial charge on any atom is 0.306 e. The summed E-state index contributed by atoms with van der Waals surface area (Å²) in [4.78, 5) is 15.0. The van der Waals surface area contributed by atoms with Crippen molar-refractivity contribution in [1.29, 1.82) is 0 Å². The van der Waals surface area contributed by atoms with Gasteiger partial charge in [-0.15, -0.1) is 0 Å². The van der Waals surface area contributed by atoms with E-state index in [9.17, 15) is 9.18 Å². The fourth-order valence-corrected chi connectivity index (χ4v) is 2.87. The van der Waals surface area contributed by atoms with Crippen LogP contribution in [0.25, 0.3) is 10.9 Å². The molecular formula is C19H17ClFNO2. The molecule has 1 heterocycles. The van der Waals surface area contributed by atoms with E-state index in [4.69, 9.17) is 16.3 Å². The summed E-state index contributed by atoms with van der Waals surface area (Å²) in [6.07, 6.45) is 3.70. The molecule has 0 saturated heterocycles. The highest BCUT2D eigenvalue weighted by Crippen LogP contribution is 2.21. The summed E-state index contributed by atoms with van der Waals surface area (Å²) in [5, 5.41) is 1.44. The van der Waals surface area contributed by atoms with Gasteiger partial charge in [-0.25, -0.2) is 4.39 Å². The highest BCUT2D eigenvalue weighted by atomic mass is 35.5. The van der Waals surface area contributed by atoms with E-state index in [-0.39, 0.29) is 29.6 Å². The Labute approximate surface area is 144 Å². The van der Waals surface area contributed by atoms with E-state index < -0.39 is 5.82 Å². The van der Waals surface area contributed by atoms with Crippen LogP contribution in [0.3, 0.4) is 0 Å². The van der Waals surface area contributed by atoms with Crippen LogP contribution in [0.15, 0.2) is 48.7 Å². The van der Waals surface area contributed by atoms with Gasteiger partial charge in [-0.05, 0) is 36.6 Å². The predicted molar refractivity (Wildman–Crippen MR) is 92.4 cm³/mol. The summed E-state index contributed by atoms with van der Waals surface area (Å²) in [6, 6.07) is 12.4. The van der Waals surface area contributed by atoms with E-state index in [2.05, 4.69) is 11.1 Å². The number of carbonyl (C=O) groups is 1. The number of carbonyl (C=O) groups excluding carboxylic acids is 1. The zero-order chi connectivity index (χ0) is 16.9. The van der Waals surface area contributed by atoms with Gasteiger partial charge in [-0.3, -0.25) is 4.79 Å². The first-order valence-electron chi connectivity index (χ1n) is 7.78. The SMILES string of the molecule is O=C(CCCc1c[nH]c2ccccc12)OCc1c(F)cccc1Cl. The van der Waals surface area contributed by atoms with Crippen LogP contribution in [0.1, 0.15) is 24.0 Å². The Balaban J connectivity index is 1.49. The van der Waals surface area contributed by atoms with Gasteiger partial charge < -0.3 is 9.72 Å². The number of rotatable bonds is 6. The molecule has 0 aliphatic heterocycles. The number of hydrogen-bond donors (Lipinski definition) is 1. The minimum absolute atomic E-state index is 0.141. The number of halogens is 2. The number of esters is 1. The Bertz CT molecular complexity index is 839. The first-order valence-corrected chi connectivity index (χ1v) is 8.16. The molecule has 3 aromatic rings. The van der Waals surface area contributed by atoms with Gasteiger partial charge in [0.05, 0.1) is 5.02 Å². The number of benzene rings is 2. The molecule has 0 radical (unpaired) electrons. The van der Waals surface area contributed by atoms with Crippen molar-refractivity contribution in [2.75, 3.05) is 0 Å². The molecule has 0 atom stereocenters. The highest BCUT2D eigenvalue weighted by Gasteiger charge is 2.11. The normalized spacial score (nSPS) is 10.9. The average Bonchev–Trinajstić information content (AvgIpc) is 2.98. The van der Waals surface area contributed by atoms with Crippen molar-refractivity contribution < 1.29 is 13.9 Å². The highest BCUT2D eigenvalue weighted by molar-refractivity contribution is 6.31. The standard InChI is InChI=1S/C19H17ClFNO2/c20-16-7-4-8-17(21)15(16)12-24-19(23)10-3-5-13-11-22-18-9-2-1-6-14(13)18/h1-2,4,6-9,11,22H,3,5,10,12H2. The monoisotopic (exact) mass is 345 g/mol. The predicted octanol–water partition coefficient (Wildman–Crippen LogP) is 5.03.